The van der Waals surface area contributed by atoms with Crippen LogP contribution in [0.3, 0.4) is 0 Å². The van der Waals surface area contributed by atoms with Crippen LogP contribution in [-0.2, 0) is 14.3 Å². The number of hydrogen-bond acceptors (Lipinski definition) is 6. The molecule has 3 rings (SSSR count). The monoisotopic (exact) mass is 419 g/mol. The molecule has 2 aromatic carbocycles. The first-order valence-corrected chi connectivity index (χ1v) is 9.88. The van der Waals surface area contributed by atoms with Gasteiger partial charge in [-0.15, -0.1) is 0 Å². The number of nitro benzene ring substituents is 1. The molecule has 1 aliphatic rings. The third-order valence-corrected chi connectivity index (χ3v) is 4.95. The number of nitrogens with zero attached hydrogens (tertiary/aromatic N) is 3. The summed E-state index contributed by atoms with van der Waals surface area (Å²) in [5.74, 6) is -0.581. The number of nitriles is 1. The highest BCUT2D eigenvalue weighted by atomic mass is 16.6. The summed E-state index contributed by atoms with van der Waals surface area (Å²) in [6.07, 6.45) is 2.49. The van der Waals surface area contributed by atoms with Crippen LogP contribution in [0.2, 0.25) is 0 Å². The molecule has 1 fully saturated rings. The summed E-state index contributed by atoms with van der Waals surface area (Å²) in [4.78, 5) is 36.7. The minimum Gasteiger partial charge on any atom is -0.463 e. The van der Waals surface area contributed by atoms with Gasteiger partial charge in [-0.3, -0.25) is 14.9 Å². The molecule has 2 aromatic rings. The summed E-state index contributed by atoms with van der Waals surface area (Å²) in [6.45, 7) is 2.47. The Balaban J connectivity index is 1.99. The molecule has 0 unspecified atom stereocenters. The number of carbonyl (C=O) groups is 2. The van der Waals surface area contributed by atoms with Crippen molar-refractivity contribution in [2.75, 3.05) is 18.1 Å². The summed E-state index contributed by atoms with van der Waals surface area (Å²) in [7, 11) is 0. The van der Waals surface area contributed by atoms with Gasteiger partial charge in [-0.1, -0.05) is 12.1 Å². The Bertz CT molecular complexity index is 1080. The number of ether oxygens (including phenoxy) is 1. The molecule has 0 aliphatic carbocycles. The van der Waals surface area contributed by atoms with Gasteiger partial charge in [0.25, 0.3) is 5.69 Å². The lowest BCUT2D eigenvalue weighted by atomic mass is 9.99. The lowest BCUT2D eigenvalue weighted by molar-refractivity contribution is -0.385. The Morgan fingerprint density at radius 2 is 1.97 bits per heavy atom. The van der Waals surface area contributed by atoms with Gasteiger partial charge in [-0.05, 0) is 54.8 Å². The van der Waals surface area contributed by atoms with E-state index in [9.17, 15) is 19.7 Å². The van der Waals surface area contributed by atoms with Crippen LogP contribution in [0.4, 0.5) is 11.4 Å². The molecule has 8 heteroatoms. The first kappa shape index (κ1) is 21.7. The third-order valence-electron chi connectivity index (χ3n) is 4.95. The second-order valence-corrected chi connectivity index (χ2v) is 6.95. The minimum atomic E-state index is -0.677. The molecule has 1 saturated heterocycles. The largest absolute Gasteiger partial charge is 0.463 e. The molecule has 0 bridgehead atoms. The Morgan fingerprint density at radius 3 is 2.55 bits per heavy atom. The third kappa shape index (κ3) is 4.95. The zero-order valence-electron chi connectivity index (χ0n) is 17.0. The zero-order valence-corrected chi connectivity index (χ0v) is 17.0. The molecular weight excluding hydrogens is 398 g/mol. The number of rotatable bonds is 7. The van der Waals surface area contributed by atoms with Gasteiger partial charge in [0.15, 0.2) is 0 Å². The molecule has 0 atom stereocenters. The van der Waals surface area contributed by atoms with E-state index in [1.807, 2.05) is 30.3 Å². The summed E-state index contributed by atoms with van der Waals surface area (Å²) in [6, 6.07) is 13.9. The average molecular weight is 419 g/mol. The van der Waals surface area contributed by atoms with Gasteiger partial charge in [-0.2, -0.15) is 5.26 Å². The van der Waals surface area contributed by atoms with Crippen LogP contribution in [0, 0.1) is 21.4 Å². The Morgan fingerprint density at radius 1 is 1.26 bits per heavy atom. The number of esters is 1. The minimum absolute atomic E-state index is 0.0486. The van der Waals surface area contributed by atoms with E-state index >= 15 is 0 Å². The highest BCUT2D eigenvalue weighted by molar-refractivity contribution is 5.96. The smallest absolute Gasteiger partial charge is 0.335 e. The fourth-order valence-corrected chi connectivity index (χ4v) is 3.45. The SMILES string of the molecule is CCOC(=O)/C(=C/c1cc(-c2ccc(N3CCCC3=O)cc2)ccc1[N+](=O)[O-])CC#N. The molecular formula is C23H21N3O5. The predicted octanol–water partition coefficient (Wildman–Crippen LogP) is 4.25. The number of nitro groups is 1. The van der Waals surface area contributed by atoms with Crippen molar-refractivity contribution >= 4 is 29.3 Å². The standard InChI is InChI=1S/C23H21N3O5/c1-2-31-23(28)18(11-12-24)15-19-14-17(7-10-21(19)26(29)30)16-5-8-20(9-6-16)25-13-3-4-22(25)27/h5-10,14-15H,2-4,11,13H2,1H3/b18-15+. The molecule has 1 amide bonds. The van der Waals surface area contributed by atoms with Crippen LogP contribution in [-0.4, -0.2) is 30.0 Å². The van der Waals surface area contributed by atoms with Gasteiger partial charge >= 0.3 is 5.97 Å². The zero-order chi connectivity index (χ0) is 22.4. The highest BCUT2D eigenvalue weighted by Crippen LogP contribution is 2.31. The predicted molar refractivity (Wildman–Crippen MR) is 115 cm³/mol. The Labute approximate surface area is 179 Å². The highest BCUT2D eigenvalue weighted by Gasteiger charge is 2.22. The number of benzene rings is 2. The Kier molecular flexibility index (Phi) is 6.78. The fraction of sp³-hybridized carbons (Fsp3) is 0.261. The van der Waals surface area contributed by atoms with Crippen molar-refractivity contribution in [1.82, 2.24) is 0 Å². The topological polar surface area (TPSA) is 114 Å². The molecule has 1 heterocycles. The molecule has 0 radical (unpaired) electrons. The molecule has 8 nitrogen and oxygen atoms in total. The van der Waals surface area contributed by atoms with Crippen LogP contribution in [0.5, 0.6) is 0 Å². The van der Waals surface area contributed by atoms with E-state index < -0.39 is 10.9 Å². The van der Waals surface area contributed by atoms with Gasteiger partial charge in [0, 0.05) is 24.7 Å². The second kappa shape index (κ2) is 9.67. The van der Waals surface area contributed by atoms with Crippen molar-refractivity contribution < 1.29 is 19.2 Å². The van der Waals surface area contributed by atoms with E-state index in [4.69, 9.17) is 10.00 Å². The van der Waals surface area contributed by atoms with Crippen molar-refractivity contribution in [3.8, 4) is 17.2 Å². The van der Waals surface area contributed by atoms with Crippen molar-refractivity contribution in [3.05, 3.63) is 63.7 Å². The van der Waals surface area contributed by atoms with Crippen LogP contribution in [0.25, 0.3) is 17.2 Å². The lowest BCUT2D eigenvalue weighted by Gasteiger charge is -2.16. The first-order chi connectivity index (χ1) is 14.9. The lowest BCUT2D eigenvalue weighted by Crippen LogP contribution is -2.23. The summed E-state index contributed by atoms with van der Waals surface area (Å²) in [5.41, 5.74) is 2.40. The number of amides is 1. The van der Waals surface area contributed by atoms with Gasteiger partial charge in [-0.25, -0.2) is 4.79 Å². The maximum absolute atomic E-state index is 12.1. The summed E-state index contributed by atoms with van der Waals surface area (Å²) < 4.78 is 4.95. The average Bonchev–Trinajstić information content (AvgIpc) is 3.19. The molecule has 158 valence electrons. The van der Waals surface area contributed by atoms with Gasteiger partial charge < -0.3 is 9.64 Å². The fourth-order valence-electron chi connectivity index (χ4n) is 3.45. The maximum Gasteiger partial charge on any atom is 0.335 e. The van der Waals surface area contributed by atoms with Crippen molar-refractivity contribution in [1.29, 1.82) is 5.26 Å². The van der Waals surface area contributed by atoms with Crippen LogP contribution >= 0.6 is 0 Å². The van der Waals surface area contributed by atoms with Crippen molar-refractivity contribution in [2.45, 2.75) is 26.2 Å². The Hall–Kier alpha value is -3.99. The van der Waals surface area contributed by atoms with Gasteiger partial charge in [0.05, 0.1) is 35.2 Å². The van der Waals surface area contributed by atoms with E-state index in [2.05, 4.69) is 0 Å². The van der Waals surface area contributed by atoms with E-state index in [1.54, 1.807) is 24.0 Å². The molecule has 0 N–H and O–H groups in total. The first-order valence-electron chi connectivity index (χ1n) is 9.88. The molecule has 0 spiro atoms. The van der Waals surface area contributed by atoms with Crippen LogP contribution in [0.1, 0.15) is 31.7 Å². The van der Waals surface area contributed by atoms with E-state index in [-0.39, 0.29) is 35.8 Å². The quantitative estimate of drug-likeness (QED) is 0.287. The molecule has 0 saturated carbocycles. The maximum atomic E-state index is 12.1. The van der Waals surface area contributed by atoms with Crippen molar-refractivity contribution in [2.24, 2.45) is 0 Å². The number of carbonyl (C=O) groups excluding carboxylic acids is 2. The molecule has 0 aromatic heterocycles. The van der Waals surface area contributed by atoms with Crippen molar-refractivity contribution in [3.63, 3.8) is 0 Å². The van der Waals surface area contributed by atoms with Crippen LogP contribution in [0.15, 0.2) is 48.0 Å². The molecule has 1 aliphatic heterocycles. The normalized spacial score (nSPS) is 13.7. The van der Waals surface area contributed by atoms with Gasteiger partial charge in [0.2, 0.25) is 5.91 Å². The second-order valence-electron chi connectivity index (χ2n) is 6.95. The summed E-state index contributed by atoms with van der Waals surface area (Å²) >= 11 is 0. The van der Waals surface area contributed by atoms with Crippen LogP contribution < -0.4 is 4.90 Å². The van der Waals surface area contributed by atoms with E-state index in [0.717, 1.165) is 17.7 Å². The number of anilines is 1. The van der Waals surface area contributed by atoms with Gasteiger partial charge in [0.1, 0.15) is 0 Å². The van der Waals surface area contributed by atoms with E-state index in [0.29, 0.717) is 18.5 Å². The molecule has 31 heavy (non-hydrogen) atoms. The number of hydrogen-bond donors (Lipinski definition) is 0. The van der Waals surface area contributed by atoms with E-state index in [1.165, 1.54) is 12.1 Å². The summed E-state index contributed by atoms with van der Waals surface area (Å²) in [5, 5.41) is 20.5.